The first-order valence-corrected chi connectivity index (χ1v) is 7.03. The Morgan fingerprint density at radius 2 is 1.42 bits per heavy atom. The van der Waals surface area contributed by atoms with Crippen LogP contribution in [0, 0.1) is 22.7 Å². The molecule has 10 nitrogen and oxygen atoms in total. The van der Waals surface area contributed by atoms with Crippen LogP contribution in [0.1, 0.15) is 39.5 Å². The molecule has 0 bridgehead atoms. The van der Waals surface area contributed by atoms with Gasteiger partial charge in [0.25, 0.3) is 0 Å². The minimum Gasteiger partial charge on any atom is -0.481 e. The number of carbonyl (C=O) groups is 3. The van der Waals surface area contributed by atoms with Gasteiger partial charge in [0.05, 0.1) is 12.1 Å². The summed E-state index contributed by atoms with van der Waals surface area (Å²) in [5, 5.41) is 45.2. The molecule has 0 radical (unpaired) electrons. The van der Waals surface area contributed by atoms with Crippen LogP contribution >= 0.6 is 0 Å². The van der Waals surface area contributed by atoms with Crippen LogP contribution < -0.4 is 5.32 Å². The molecular formula is C14H19N5O5. The molecule has 2 atom stereocenters. The van der Waals surface area contributed by atoms with Crippen LogP contribution in [0.25, 0.3) is 0 Å². The van der Waals surface area contributed by atoms with Gasteiger partial charge in [-0.2, -0.15) is 20.8 Å². The highest BCUT2D eigenvalue weighted by Gasteiger charge is 2.29. The highest BCUT2D eigenvalue weighted by atomic mass is 16.4. The van der Waals surface area contributed by atoms with E-state index in [9.17, 15) is 19.6 Å². The molecule has 0 aliphatic carbocycles. The third-order valence-corrected chi connectivity index (χ3v) is 3.07. The Labute approximate surface area is 138 Å². The number of carboxylic acids is 2. The maximum atomic E-state index is 11.5. The van der Waals surface area contributed by atoms with Gasteiger partial charge >= 0.3 is 11.9 Å². The van der Waals surface area contributed by atoms with Crippen molar-refractivity contribution in [2.45, 2.75) is 50.6 Å². The molecule has 0 aliphatic rings. The molecule has 0 aromatic heterocycles. The van der Waals surface area contributed by atoms with E-state index >= 15 is 0 Å². The number of carboxylic acid groups (broad SMARTS) is 2. The van der Waals surface area contributed by atoms with Crippen LogP contribution in [0.15, 0.2) is 10.2 Å². The molecule has 3 N–H and O–H groups in total. The van der Waals surface area contributed by atoms with Crippen LogP contribution in [0.3, 0.4) is 0 Å². The van der Waals surface area contributed by atoms with E-state index in [0.29, 0.717) is 0 Å². The molecule has 0 spiro atoms. The van der Waals surface area contributed by atoms with E-state index in [0.717, 1.165) is 0 Å². The summed E-state index contributed by atoms with van der Waals surface area (Å²) in [7, 11) is 0. The van der Waals surface area contributed by atoms with Crippen LogP contribution in [0.5, 0.6) is 0 Å². The van der Waals surface area contributed by atoms with Crippen LogP contribution in [0.2, 0.25) is 0 Å². The number of aliphatic carboxylic acids is 2. The first-order chi connectivity index (χ1) is 11.1. The predicted molar refractivity (Wildman–Crippen MR) is 79.6 cm³/mol. The number of amides is 1. The van der Waals surface area contributed by atoms with Gasteiger partial charge in [0.15, 0.2) is 11.1 Å². The largest absolute Gasteiger partial charge is 0.481 e. The Bertz CT molecular complexity index is 606. The summed E-state index contributed by atoms with van der Waals surface area (Å²) in [6.45, 7) is 2.29. The number of nitrogens with zero attached hydrogens (tertiary/aromatic N) is 4. The first-order valence-electron chi connectivity index (χ1n) is 7.03. The third-order valence-electron chi connectivity index (χ3n) is 3.07. The number of azo groups is 1. The van der Waals surface area contributed by atoms with Crippen LogP contribution in [-0.4, -0.2) is 45.7 Å². The zero-order chi connectivity index (χ0) is 18.8. The van der Waals surface area contributed by atoms with Crippen molar-refractivity contribution < 1.29 is 24.6 Å². The van der Waals surface area contributed by atoms with Gasteiger partial charge in [0.2, 0.25) is 5.91 Å². The summed E-state index contributed by atoms with van der Waals surface area (Å²) in [5.74, 6) is -2.82. The van der Waals surface area contributed by atoms with E-state index in [4.69, 9.17) is 15.5 Å². The first kappa shape index (κ1) is 21.0. The fraction of sp³-hybridized carbons (Fsp3) is 0.643. The van der Waals surface area contributed by atoms with E-state index in [2.05, 4.69) is 15.5 Å². The molecule has 0 rings (SSSR count). The van der Waals surface area contributed by atoms with Crippen molar-refractivity contribution in [2.75, 3.05) is 6.54 Å². The summed E-state index contributed by atoms with van der Waals surface area (Å²) in [6, 6.07) is 3.73. The van der Waals surface area contributed by atoms with Gasteiger partial charge < -0.3 is 15.5 Å². The van der Waals surface area contributed by atoms with Gasteiger partial charge in [-0.15, -0.1) is 0 Å². The Balaban J connectivity index is 4.83. The minimum atomic E-state index is -1.39. The lowest BCUT2D eigenvalue weighted by Gasteiger charge is -2.19. The second-order valence-electron chi connectivity index (χ2n) is 5.54. The van der Waals surface area contributed by atoms with Gasteiger partial charge in [0, 0.05) is 12.8 Å². The van der Waals surface area contributed by atoms with Gasteiger partial charge in [-0.3, -0.25) is 14.4 Å². The van der Waals surface area contributed by atoms with Crippen molar-refractivity contribution in [2.24, 2.45) is 10.2 Å². The quantitative estimate of drug-likeness (QED) is 0.494. The fourth-order valence-electron chi connectivity index (χ4n) is 1.45. The highest BCUT2D eigenvalue weighted by Crippen LogP contribution is 2.23. The van der Waals surface area contributed by atoms with Gasteiger partial charge in [-0.05, 0) is 26.7 Å². The fourth-order valence-corrected chi connectivity index (χ4v) is 1.45. The minimum absolute atomic E-state index is 0.0289. The Hall–Kier alpha value is -3.01. The summed E-state index contributed by atoms with van der Waals surface area (Å²) < 4.78 is 0. The van der Waals surface area contributed by atoms with Crippen molar-refractivity contribution in [1.29, 1.82) is 10.5 Å². The molecular weight excluding hydrogens is 318 g/mol. The second-order valence-corrected chi connectivity index (χ2v) is 5.54. The van der Waals surface area contributed by atoms with Crippen molar-refractivity contribution in [3.63, 3.8) is 0 Å². The van der Waals surface area contributed by atoms with Crippen LogP contribution in [0.4, 0.5) is 0 Å². The predicted octanol–water partition coefficient (Wildman–Crippen LogP) is 0.849. The second kappa shape index (κ2) is 9.20. The summed E-state index contributed by atoms with van der Waals surface area (Å²) in [6.07, 6.45) is -0.513. The Kier molecular flexibility index (Phi) is 8.05. The van der Waals surface area contributed by atoms with Crippen molar-refractivity contribution >= 4 is 17.8 Å². The lowest BCUT2D eigenvalue weighted by atomic mass is 9.97. The number of nitriles is 2. The lowest BCUT2D eigenvalue weighted by molar-refractivity contribution is -0.138. The van der Waals surface area contributed by atoms with Crippen molar-refractivity contribution in [3.8, 4) is 12.1 Å². The molecule has 24 heavy (non-hydrogen) atoms. The average molecular weight is 337 g/mol. The van der Waals surface area contributed by atoms with E-state index in [1.165, 1.54) is 13.8 Å². The topological polar surface area (TPSA) is 176 Å². The Morgan fingerprint density at radius 3 is 1.79 bits per heavy atom. The van der Waals surface area contributed by atoms with Crippen LogP contribution in [-0.2, 0) is 14.4 Å². The molecule has 2 unspecified atom stereocenters. The van der Waals surface area contributed by atoms with Crippen molar-refractivity contribution in [1.82, 2.24) is 5.32 Å². The molecule has 0 aliphatic heterocycles. The van der Waals surface area contributed by atoms with Gasteiger partial charge in [0.1, 0.15) is 6.54 Å². The van der Waals surface area contributed by atoms with E-state index in [1.54, 1.807) is 0 Å². The molecule has 130 valence electrons. The number of hydrogen-bond acceptors (Lipinski definition) is 7. The molecule has 0 heterocycles. The van der Waals surface area contributed by atoms with Gasteiger partial charge in [-0.1, -0.05) is 0 Å². The maximum Gasteiger partial charge on any atom is 0.322 e. The van der Waals surface area contributed by atoms with E-state index in [-0.39, 0.29) is 25.7 Å². The summed E-state index contributed by atoms with van der Waals surface area (Å²) in [4.78, 5) is 32.4. The molecule has 1 amide bonds. The normalized spacial score (nSPS) is 15.5. The number of rotatable bonds is 10. The summed E-state index contributed by atoms with van der Waals surface area (Å²) in [5.41, 5.74) is -2.77. The molecule has 0 saturated carbocycles. The van der Waals surface area contributed by atoms with E-state index < -0.39 is 35.5 Å². The molecule has 0 aromatic rings. The molecule has 10 heteroatoms. The average Bonchev–Trinajstić information content (AvgIpc) is 2.54. The van der Waals surface area contributed by atoms with Crippen molar-refractivity contribution in [3.05, 3.63) is 0 Å². The zero-order valence-corrected chi connectivity index (χ0v) is 13.4. The van der Waals surface area contributed by atoms with E-state index in [1.807, 2.05) is 12.1 Å². The van der Waals surface area contributed by atoms with Gasteiger partial charge in [-0.25, -0.2) is 0 Å². The SMILES string of the molecule is CC(C#N)(CCC(=O)O)N=NC(C)(C#N)CCC(=O)NCC(=O)O. The molecule has 0 fully saturated rings. The number of hydrogen-bond donors (Lipinski definition) is 3. The molecule has 0 aromatic carbocycles. The number of carbonyl (C=O) groups excluding carboxylic acids is 1. The smallest absolute Gasteiger partial charge is 0.322 e. The monoisotopic (exact) mass is 337 g/mol. The third kappa shape index (κ3) is 8.44. The highest BCUT2D eigenvalue weighted by molar-refractivity contribution is 5.81. The summed E-state index contributed by atoms with van der Waals surface area (Å²) >= 11 is 0. The molecule has 0 saturated heterocycles. The number of nitrogens with one attached hydrogen (secondary N) is 1. The maximum absolute atomic E-state index is 11.5. The zero-order valence-electron chi connectivity index (χ0n) is 13.4. The Morgan fingerprint density at radius 1 is 0.958 bits per heavy atom. The lowest BCUT2D eigenvalue weighted by Crippen LogP contribution is -2.31. The standard InChI is InChI=1S/C14H19N5O5/c1-13(8-15,5-3-10(20)17-7-12(23)24)18-19-14(2,9-16)6-4-11(21)22/h3-7H2,1-2H3,(H,17,20)(H,21,22)(H,23,24).